The summed E-state index contributed by atoms with van der Waals surface area (Å²) in [6.45, 7) is 6.09. The molecule has 1 aromatic carbocycles. The first-order chi connectivity index (χ1) is 9.12. The minimum Gasteiger partial charge on any atom is -0.388 e. The van der Waals surface area contributed by atoms with E-state index in [1.54, 1.807) is 0 Å². The summed E-state index contributed by atoms with van der Waals surface area (Å²) in [7, 11) is 0. The van der Waals surface area contributed by atoms with Gasteiger partial charge in [-0.25, -0.2) is 0 Å². The van der Waals surface area contributed by atoms with Gasteiger partial charge in [-0.1, -0.05) is 57.0 Å². The third-order valence-electron chi connectivity index (χ3n) is 4.19. The summed E-state index contributed by atoms with van der Waals surface area (Å²) in [5.41, 5.74) is 0.713. The molecule has 2 atom stereocenters. The molecule has 0 saturated heterocycles. The van der Waals surface area contributed by atoms with Crippen LogP contribution in [0.4, 0.5) is 0 Å². The van der Waals surface area contributed by atoms with E-state index in [4.69, 9.17) is 0 Å². The molecule has 1 fully saturated rings. The van der Waals surface area contributed by atoms with Crippen LogP contribution in [0.1, 0.15) is 51.0 Å². The van der Waals surface area contributed by atoms with E-state index in [-0.39, 0.29) is 5.92 Å². The van der Waals surface area contributed by atoms with Crippen LogP contribution in [0.2, 0.25) is 0 Å². The second-order valence-electron chi connectivity index (χ2n) is 6.34. The fraction of sp³-hybridized carbons (Fsp3) is 0.647. The summed E-state index contributed by atoms with van der Waals surface area (Å²) in [5, 5.41) is 14.5. The summed E-state index contributed by atoms with van der Waals surface area (Å²) >= 11 is 0. The zero-order valence-corrected chi connectivity index (χ0v) is 12.2. The van der Waals surface area contributed by atoms with Crippen LogP contribution in [-0.4, -0.2) is 23.8 Å². The van der Waals surface area contributed by atoms with Crippen molar-refractivity contribution in [3.8, 4) is 0 Å². The van der Waals surface area contributed by atoms with E-state index in [9.17, 15) is 5.11 Å². The van der Waals surface area contributed by atoms with Crippen molar-refractivity contribution in [3.05, 3.63) is 35.9 Å². The van der Waals surface area contributed by atoms with Gasteiger partial charge in [-0.3, -0.25) is 0 Å². The standard InChI is InChI=1S/C17H27NO/c1-14(2)12-18-13-17(19)11-7-6-10-16(17)15-8-4-3-5-9-15/h3-5,8-9,14,16,18-19H,6-7,10-13H2,1-2H3. The highest BCUT2D eigenvalue weighted by molar-refractivity contribution is 5.24. The number of hydrogen-bond donors (Lipinski definition) is 2. The first kappa shape index (κ1) is 14.5. The molecular weight excluding hydrogens is 234 g/mol. The fourth-order valence-corrected chi connectivity index (χ4v) is 3.17. The molecule has 0 bridgehead atoms. The lowest BCUT2D eigenvalue weighted by molar-refractivity contribution is -0.0162. The smallest absolute Gasteiger partial charge is 0.0839 e. The van der Waals surface area contributed by atoms with Crippen molar-refractivity contribution >= 4 is 0 Å². The number of rotatable bonds is 5. The van der Waals surface area contributed by atoms with E-state index < -0.39 is 5.60 Å². The molecule has 0 heterocycles. The molecule has 1 aliphatic rings. The molecule has 2 rings (SSSR count). The van der Waals surface area contributed by atoms with Crippen LogP contribution in [0.15, 0.2) is 30.3 Å². The van der Waals surface area contributed by atoms with Crippen molar-refractivity contribution in [2.24, 2.45) is 5.92 Å². The van der Waals surface area contributed by atoms with Crippen LogP contribution in [-0.2, 0) is 0 Å². The van der Waals surface area contributed by atoms with Gasteiger partial charge in [-0.05, 0) is 30.9 Å². The lowest BCUT2D eigenvalue weighted by atomic mass is 9.72. The highest BCUT2D eigenvalue weighted by Crippen LogP contribution is 2.40. The van der Waals surface area contributed by atoms with Crippen molar-refractivity contribution in [2.45, 2.75) is 51.0 Å². The normalized spacial score (nSPS) is 27.7. The molecule has 2 unspecified atom stereocenters. The minimum absolute atomic E-state index is 0.280. The lowest BCUT2D eigenvalue weighted by Crippen LogP contribution is -2.48. The molecule has 1 aromatic rings. The van der Waals surface area contributed by atoms with E-state index in [1.165, 1.54) is 12.0 Å². The fourth-order valence-electron chi connectivity index (χ4n) is 3.17. The predicted molar refractivity (Wildman–Crippen MR) is 80.3 cm³/mol. The van der Waals surface area contributed by atoms with Crippen LogP contribution < -0.4 is 5.32 Å². The van der Waals surface area contributed by atoms with Gasteiger partial charge in [0.05, 0.1) is 5.60 Å². The van der Waals surface area contributed by atoms with Gasteiger partial charge in [0.2, 0.25) is 0 Å². The van der Waals surface area contributed by atoms with E-state index in [0.717, 1.165) is 25.8 Å². The third-order valence-corrected chi connectivity index (χ3v) is 4.19. The molecule has 0 spiro atoms. The summed E-state index contributed by atoms with van der Waals surface area (Å²) in [4.78, 5) is 0. The molecule has 0 amide bonds. The Balaban J connectivity index is 2.06. The Bertz CT molecular complexity index is 376. The molecule has 2 nitrogen and oxygen atoms in total. The van der Waals surface area contributed by atoms with E-state index in [1.807, 2.05) is 6.07 Å². The maximum atomic E-state index is 11.0. The summed E-state index contributed by atoms with van der Waals surface area (Å²) < 4.78 is 0. The quantitative estimate of drug-likeness (QED) is 0.852. The Kier molecular flexibility index (Phi) is 5.00. The zero-order chi connectivity index (χ0) is 13.7. The van der Waals surface area contributed by atoms with Gasteiger partial charge in [-0.15, -0.1) is 0 Å². The average molecular weight is 261 g/mol. The zero-order valence-electron chi connectivity index (χ0n) is 12.2. The summed E-state index contributed by atoms with van der Waals surface area (Å²) in [6, 6.07) is 10.5. The molecule has 2 N–H and O–H groups in total. The molecule has 0 aromatic heterocycles. The number of benzene rings is 1. The van der Waals surface area contributed by atoms with Gasteiger partial charge in [0.15, 0.2) is 0 Å². The Morgan fingerprint density at radius 1 is 1.26 bits per heavy atom. The molecule has 19 heavy (non-hydrogen) atoms. The molecule has 106 valence electrons. The topological polar surface area (TPSA) is 32.3 Å². The van der Waals surface area contributed by atoms with Crippen molar-refractivity contribution in [2.75, 3.05) is 13.1 Å². The maximum Gasteiger partial charge on any atom is 0.0839 e. The number of hydrogen-bond acceptors (Lipinski definition) is 2. The second-order valence-corrected chi connectivity index (χ2v) is 6.34. The Morgan fingerprint density at radius 3 is 2.68 bits per heavy atom. The van der Waals surface area contributed by atoms with Crippen LogP contribution >= 0.6 is 0 Å². The third kappa shape index (κ3) is 3.80. The van der Waals surface area contributed by atoms with E-state index in [0.29, 0.717) is 12.5 Å². The van der Waals surface area contributed by atoms with Crippen molar-refractivity contribution in [1.29, 1.82) is 0 Å². The van der Waals surface area contributed by atoms with Crippen LogP contribution in [0.5, 0.6) is 0 Å². The molecule has 0 aliphatic heterocycles. The average Bonchev–Trinajstić information content (AvgIpc) is 2.39. The minimum atomic E-state index is -0.575. The van der Waals surface area contributed by atoms with Crippen molar-refractivity contribution in [1.82, 2.24) is 5.32 Å². The predicted octanol–water partition coefficient (Wildman–Crippen LogP) is 3.32. The Labute approximate surface area is 117 Å². The molecule has 1 aliphatic carbocycles. The monoisotopic (exact) mass is 261 g/mol. The highest BCUT2D eigenvalue weighted by atomic mass is 16.3. The first-order valence-electron chi connectivity index (χ1n) is 7.60. The molecule has 0 radical (unpaired) electrons. The van der Waals surface area contributed by atoms with Crippen molar-refractivity contribution in [3.63, 3.8) is 0 Å². The van der Waals surface area contributed by atoms with Gasteiger partial charge in [0.1, 0.15) is 0 Å². The number of aliphatic hydroxyl groups is 1. The largest absolute Gasteiger partial charge is 0.388 e. The summed E-state index contributed by atoms with van der Waals surface area (Å²) in [6.07, 6.45) is 4.39. The van der Waals surface area contributed by atoms with Gasteiger partial charge < -0.3 is 10.4 Å². The van der Waals surface area contributed by atoms with Gasteiger partial charge >= 0.3 is 0 Å². The Morgan fingerprint density at radius 2 is 2.00 bits per heavy atom. The molecular formula is C17H27NO. The summed E-state index contributed by atoms with van der Waals surface area (Å²) in [5.74, 6) is 0.907. The van der Waals surface area contributed by atoms with E-state index in [2.05, 4.69) is 43.4 Å². The van der Waals surface area contributed by atoms with Gasteiger partial charge in [0, 0.05) is 12.5 Å². The van der Waals surface area contributed by atoms with Crippen LogP contribution in [0.25, 0.3) is 0 Å². The van der Waals surface area contributed by atoms with Gasteiger partial charge in [0.25, 0.3) is 0 Å². The highest BCUT2D eigenvalue weighted by Gasteiger charge is 2.39. The molecule has 1 saturated carbocycles. The first-order valence-corrected chi connectivity index (χ1v) is 7.60. The van der Waals surface area contributed by atoms with Crippen molar-refractivity contribution < 1.29 is 5.11 Å². The molecule has 2 heteroatoms. The Hall–Kier alpha value is -0.860. The van der Waals surface area contributed by atoms with Gasteiger partial charge in [-0.2, -0.15) is 0 Å². The second kappa shape index (κ2) is 6.53. The number of nitrogens with one attached hydrogen (secondary N) is 1. The lowest BCUT2D eigenvalue weighted by Gasteiger charge is -2.40. The van der Waals surface area contributed by atoms with E-state index >= 15 is 0 Å². The maximum absolute atomic E-state index is 11.0. The SMILES string of the molecule is CC(C)CNCC1(O)CCCCC1c1ccccc1. The van der Waals surface area contributed by atoms with Crippen LogP contribution in [0, 0.1) is 5.92 Å². The van der Waals surface area contributed by atoms with Crippen LogP contribution in [0.3, 0.4) is 0 Å².